The molecule has 0 saturated heterocycles. The molecule has 0 aliphatic carbocycles. The van der Waals surface area contributed by atoms with E-state index >= 15 is 0 Å². The minimum Gasteiger partial charge on any atom is -0.324 e. The normalized spacial score (nSPS) is 10.6. The second-order valence-corrected chi connectivity index (χ2v) is 6.31. The Bertz CT molecular complexity index is 767. The van der Waals surface area contributed by atoms with E-state index in [1.807, 2.05) is 25.3 Å². The Labute approximate surface area is 134 Å². The number of nitrogens with zero attached hydrogens (tertiary/aromatic N) is 3. The summed E-state index contributed by atoms with van der Waals surface area (Å²) in [6.45, 7) is 4.22. The van der Waals surface area contributed by atoms with E-state index in [-0.39, 0.29) is 0 Å². The molecule has 1 N–H and O–H groups in total. The van der Waals surface area contributed by atoms with Crippen LogP contribution in [0.2, 0.25) is 0 Å². The quantitative estimate of drug-likeness (QED) is 0.748. The number of para-hydroxylation sites is 1. The number of aryl methyl sites for hydroxylation is 2. The fourth-order valence-electron chi connectivity index (χ4n) is 2.26. The van der Waals surface area contributed by atoms with E-state index < -0.39 is 0 Å². The average molecular weight is 310 g/mol. The molecular weight excluding hydrogens is 292 g/mol. The highest BCUT2D eigenvalue weighted by molar-refractivity contribution is 7.14. The molecule has 4 nitrogen and oxygen atoms in total. The van der Waals surface area contributed by atoms with E-state index in [9.17, 15) is 0 Å². The van der Waals surface area contributed by atoms with Gasteiger partial charge in [-0.1, -0.05) is 31.5 Å². The summed E-state index contributed by atoms with van der Waals surface area (Å²) >= 11 is 1.64. The van der Waals surface area contributed by atoms with Crippen molar-refractivity contribution in [2.75, 3.05) is 5.32 Å². The monoisotopic (exact) mass is 310 g/mol. The van der Waals surface area contributed by atoms with Gasteiger partial charge in [-0.3, -0.25) is 0 Å². The maximum atomic E-state index is 4.58. The van der Waals surface area contributed by atoms with Crippen LogP contribution in [0, 0.1) is 6.92 Å². The number of hydrogen-bond acceptors (Lipinski definition) is 5. The first-order valence-electron chi connectivity index (χ1n) is 7.37. The van der Waals surface area contributed by atoms with E-state index in [1.54, 1.807) is 17.5 Å². The van der Waals surface area contributed by atoms with Crippen LogP contribution < -0.4 is 5.32 Å². The van der Waals surface area contributed by atoms with Gasteiger partial charge >= 0.3 is 0 Å². The summed E-state index contributed by atoms with van der Waals surface area (Å²) in [5.74, 6) is 0.605. The van der Waals surface area contributed by atoms with Crippen molar-refractivity contribution in [1.82, 2.24) is 15.0 Å². The molecule has 0 aliphatic heterocycles. The first-order valence-corrected chi connectivity index (χ1v) is 8.18. The van der Waals surface area contributed by atoms with Gasteiger partial charge in [0.25, 0.3) is 0 Å². The minimum absolute atomic E-state index is 0.605. The fourth-order valence-corrected chi connectivity index (χ4v) is 3.00. The predicted molar refractivity (Wildman–Crippen MR) is 91.6 cm³/mol. The highest BCUT2D eigenvalue weighted by Crippen LogP contribution is 2.25. The van der Waals surface area contributed by atoms with Crippen LogP contribution in [0.15, 0.2) is 42.7 Å². The Morgan fingerprint density at radius 1 is 1.14 bits per heavy atom. The number of rotatable bonds is 5. The summed E-state index contributed by atoms with van der Waals surface area (Å²) in [6.07, 6.45) is 5.78. The minimum atomic E-state index is 0.605. The molecule has 3 rings (SSSR count). The van der Waals surface area contributed by atoms with E-state index in [0.717, 1.165) is 29.2 Å². The molecule has 0 amide bonds. The van der Waals surface area contributed by atoms with E-state index in [0.29, 0.717) is 5.95 Å². The van der Waals surface area contributed by atoms with Crippen molar-refractivity contribution >= 4 is 23.0 Å². The van der Waals surface area contributed by atoms with Crippen LogP contribution in [-0.4, -0.2) is 15.0 Å². The Morgan fingerprint density at radius 2 is 2.00 bits per heavy atom. The third-order valence-corrected chi connectivity index (χ3v) is 4.21. The van der Waals surface area contributed by atoms with Crippen molar-refractivity contribution in [3.05, 3.63) is 53.2 Å². The lowest BCUT2D eigenvalue weighted by atomic mass is 10.1. The average Bonchev–Trinajstić information content (AvgIpc) is 2.96. The lowest BCUT2D eigenvalue weighted by Crippen LogP contribution is -2.00. The maximum absolute atomic E-state index is 4.58. The zero-order chi connectivity index (χ0) is 15.4. The number of nitrogens with one attached hydrogen (secondary N) is 1. The number of thiazole rings is 1. The highest BCUT2D eigenvalue weighted by atomic mass is 32.1. The summed E-state index contributed by atoms with van der Waals surface area (Å²) in [5.41, 5.74) is 3.20. The van der Waals surface area contributed by atoms with Gasteiger partial charge in [-0.25, -0.2) is 15.0 Å². The standard InChI is InChI=1S/C17H18N4S/c1-3-6-13-7-4-5-8-14(13)20-17-18-10-9-15(21-17)16-19-11-12(2)22-16/h4-5,7-11H,3,6H2,1-2H3,(H,18,20,21). The smallest absolute Gasteiger partial charge is 0.227 e. The van der Waals surface area contributed by atoms with Crippen LogP contribution in [-0.2, 0) is 6.42 Å². The molecule has 0 saturated carbocycles. The Hall–Kier alpha value is -2.27. The number of hydrogen-bond donors (Lipinski definition) is 1. The molecule has 2 aromatic heterocycles. The van der Waals surface area contributed by atoms with Crippen LogP contribution in [0.5, 0.6) is 0 Å². The SMILES string of the molecule is CCCc1ccccc1Nc1nccc(-c2ncc(C)s2)n1. The molecule has 1 aromatic carbocycles. The van der Waals surface area contributed by atoms with Gasteiger partial charge in [0.05, 0.1) is 0 Å². The number of benzene rings is 1. The van der Waals surface area contributed by atoms with Crippen LogP contribution in [0.4, 0.5) is 11.6 Å². The first kappa shape index (κ1) is 14.7. The number of anilines is 2. The molecule has 112 valence electrons. The fraction of sp³-hybridized carbons (Fsp3) is 0.235. The van der Waals surface area contributed by atoms with Crippen LogP contribution in [0.25, 0.3) is 10.7 Å². The Kier molecular flexibility index (Phi) is 4.44. The molecule has 0 atom stereocenters. The molecular formula is C17H18N4S. The Morgan fingerprint density at radius 3 is 2.77 bits per heavy atom. The summed E-state index contributed by atoms with van der Waals surface area (Å²) in [4.78, 5) is 14.5. The molecule has 0 bridgehead atoms. The van der Waals surface area contributed by atoms with Gasteiger partial charge < -0.3 is 5.32 Å². The highest BCUT2D eigenvalue weighted by Gasteiger charge is 2.07. The zero-order valence-electron chi connectivity index (χ0n) is 12.7. The largest absolute Gasteiger partial charge is 0.324 e. The molecule has 0 aliphatic rings. The van der Waals surface area contributed by atoms with Gasteiger partial charge in [0, 0.05) is 23.0 Å². The number of aromatic nitrogens is 3. The van der Waals surface area contributed by atoms with E-state index in [1.165, 1.54) is 10.4 Å². The molecule has 0 unspecified atom stereocenters. The zero-order valence-corrected chi connectivity index (χ0v) is 13.5. The first-order chi connectivity index (χ1) is 10.8. The van der Waals surface area contributed by atoms with Crippen LogP contribution >= 0.6 is 11.3 Å². The molecule has 22 heavy (non-hydrogen) atoms. The second kappa shape index (κ2) is 6.66. The van der Waals surface area contributed by atoms with Crippen molar-refractivity contribution < 1.29 is 0 Å². The van der Waals surface area contributed by atoms with Crippen molar-refractivity contribution in [2.24, 2.45) is 0 Å². The summed E-state index contributed by atoms with van der Waals surface area (Å²) in [7, 11) is 0. The van der Waals surface area contributed by atoms with Gasteiger partial charge in [-0.15, -0.1) is 11.3 Å². The summed E-state index contributed by atoms with van der Waals surface area (Å²) in [6, 6.07) is 10.2. The van der Waals surface area contributed by atoms with E-state index in [4.69, 9.17) is 0 Å². The van der Waals surface area contributed by atoms with Gasteiger partial charge in [0.15, 0.2) is 0 Å². The molecule has 3 aromatic rings. The topological polar surface area (TPSA) is 50.7 Å². The molecule has 0 spiro atoms. The summed E-state index contributed by atoms with van der Waals surface area (Å²) in [5, 5.41) is 4.25. The Balaban J connectivity index is 1.87. The molecule has 0 radical (unpaired) electrons. The maximum Gasteiger partial charge on any atom is 0.227 e. The van der Waals surface area contributed by atoms with Crippen molar-refractivity contribution in [2.45, 2.75) is 26.7 Å². The summed E-state index contributed by atoms with van der Waals surface area (Å²) < 4.78 is 0. The van der Waals surface area contributed by atoms with Crippen LogP contribution in [0.3, 0.4) is 0 Å². The molecule has 5 heteroatoms. The lowest BCUT2D eigenvalue weighted by Gasteiger charge is -2.10. The van der Waals surface area contributed by atoms with Gasteiger partial charge in [0.1, 0.15) is 10.7 Å². The molecule has 2 heterocycles. The van der Waals surface area contributed by atoms with Crippen molar-refractivity contribution in [1.29, 1.82) is 0 Å². The van der Waals surface area contributed by atoms with Gasteiger partial charge in [-0.2, -0.15) is 0 Å². The van der Waals surface area contributed by atoms with Gasteiger partial charge in [-0.05, 0) is 31.0 Å². The molecule has 0 fully saturated rings. The second-order valence-electron chi connectivity index (χ2n) is 5.07. The third-order valence-electron chi connectivity index (χ3n) is 3.28. The predicted octanol–water partition coefficient (Wildman–Crippen LogP) is 4.60. The van der Waals surface area contributed by atoms with Gasteiger partial charge in [0.2, 0.25) is 5.95 Å². The third kappa shape index (κ3) is 3.31. The van der Waals surface area contributed by atoms with Crippen LogP contribution in [0.1, 0.15) is 23.8 Å². The lowest BCUT2D eigenvalue weighted by molar-refractivity contribution is 0.922. The van der Waals surface area contributed by atoms with E-state index in [2.05, 4.69) is 45.4 Å². The van der Waals surface area contributed by atoms with Crippen molar-refractivity contribution in [3.63, 3.8) is 0 Å². The van der Waals surface area contributed by atoms with Crippen molar-refractivity contribution in [3.8, 4) is 10.7 Å².